The van der Waals surface area contributed by atoms with Crippen LogP contribution in [0.15, 0.2) is 0 Å². The van der Waals surface area contributed by atoms with E-state index >= 15 is 0 Å². The fourth-order valence-corrected chi connectivity index (χ4v) is 0.834. The molecule has 0 rings (SSSR count). The van der Waals surface area contributed by atoms with E-state index in [0.717, 1.165) is 13.1 Å². The minimum absolute atomic E-state index is 0. The lowest BCUT2D eigenvalue weighted by Gasteiger charge is -2.14. The predicted molar refractivity (Wildman–Crippen MR) is 60.1 cm³/mol. The van der Waals surface area contributed by atoms with Crippen molar-refractivity contribution in [3.8, 4) is 0 Å². The van der Waals surface area contributed by atoms with Gasteiger partial charge in [-0.1, -0.05) is 26.7 Å². The summed E-state index contributed by atoms with van der Waals surface area (Å²) in [4.78, 5) is 0. The summed E-state index contributed by atoms with van der Waals surface area (Å²) in [6.45, 7) is 6.48. The number of rotatable bonds is 6. The van der Waals surface area contributed by atoms with E-state index in [9.17, 15) is 0 Å². The van der Waals surface area contributed by atoms with E-state index in [2.05, 4.69) is 13.8 Å². The zero-order chi connectivity index (χ0) is 7.82. The molecule has 78 valence electrons. The van der Waals surface area contributed by atoms with Crippen LogP contribution in [0.3, 0.4) is 0 Å². The standard InChI is InChI=1S/C8H20N2.2ClH/c1-3-5-7-10(9)8-6-4-2;;/h3-9H2,1-2H3;2*1H. The molecule has 0 aliphatic carbocycles. The Morgan fingerprint density at radius 2 is 1.25 bits per heavy atom. The number of nitrogens with zero attached hydrogens (tertiary/aromatic N) is 1. The first-order valence-corrected chi connectivity index (χ1v) is 4.30. The van der Waals surface area contributed by atoms with Crippen molar-refractivity contribution < 1.29 is 0 Å². The number of hydrazine groups is 1. The molecule has 0 saturated carbocycles. The van der Waals surface area contributed by atoms with Gasteiger partial charge in [0.1, 0.15) is 0 Å². The molecule has 12 heavy (non-hydrogen) atoms. The van der Waals surface area contributed by atoms with Crippen molar-refractivity contribution in [1.29, 1.82) is 0 Å². The maximum absolute atomic E-state index is 5.68. The lowest BCUT2D eigenvalue weighted by atomic mass is 10.3. The van der Waals surface area contributed by atoms with Crippen LogP contribution in [0.4, 0.5) is 0 Å². The normalized spacial score (nSPS) is 9.00. The topological polar surface area (TPSA) is 29.3 Å². The van der Waals surface area contributed by atoms with Gasteiger partial charge in [0, 0.05) is 13.1 Å². The third-order valence-corrected chi connectivity index (χ3v) is 1.60. The second-order valence-electron chi connectivity index (χ2n) is 2.74. The average Bonchev–Trinajstić information content (AvgIpc) is 1.97. The molecule has 0 aromatic heterocycles. The second-order valence-corrected chi connectivity index (χ2v) is 2.74. The summed E-state index contributed by atoms with van der Waals surface area (Å²) in [7, 11) is 0. The molecular formula is C8H22Cl2N2. The molecular weight excluding hydrogens is 195 g/mol. The maximum atomic E-state index is 5.68. The van der Waals surface area contributed by atoms with Crippen LogP contribution >= 0.6 is 24.8 Å². The first kappa shape index (κ1) is 18.3. The van der Waals surface area contributed by atoms with E-state index in [-0.39, 0.29) is 24.8 Å². The van der Waals surface area contributed by atoms with Gasteiger partial charge in [0.05, 0.1) is 0 Å². The Balaban J connectivity index is -0.000000405. The minimum atomic E-state index is 0. The zero-order valence-corrected chi connectivity index (χ0v) is 9.72. The van der Waals surface area contributed by atoms with E-state index in [1.165, 1.54) is 25.7 Å². The smallest absolute Gasteiger partial charge is 0.0128 e. The molecule has 0 aromatic rings. The average molecular weight is 217 g/mol. The third-order valence-electron chi connectivity index (χ3n) is 1.60. The van der Waals surface area contributed by atoms with Crippen LogP contribution in [0.2, 0.25) is 0 Å². The highest BCUT2D eigenvalue weighted by Gasteiger charge is 1.94. The Kier molecular flexibility index (Phi) is 21.4. The number of nitrogens with two attached hydrogens (primary N) is 1. The van der Waals surface area contributed by atoms with Crippen molar-refractivity contribution in [2.24, 2.45) is 5.84 Å². The number of hydrogen-bond donors (Lipinski definition) is 1. The van der Waals surface area contributed by atoms with Crippen LogP contribution in [-0.2, 0) is 0 Å². The summed E-state index contributed by atoms with van der Waals surface area (Å²) >= 11 is 0. The van der Waals surface area contributed by atoms with Gasteiger partial charge < -0.3 is 0 Å². The van der Waals surface area contributed by atoms with Gasteiger partial charge >= 0.3 is 0 Å². The lowest BCUT2D eigenvalue weighted by Crippen LogP contribution is -2.32. The molecule has 0 aliphatic heterocycles. The predicted octanol–water partition coefficient (Wildman–Crippen LogP) is 2.61. The molecule has 2 nitrogen and oxygen atoms in total. The lowest BCUT2D eigenvalue weighted by molar-refractivity contribution is 0.274. The van der Waals surface area contributed by atoms with Crippen molar-refractivity contribution in [2.75, 3.05) is 13.1 Å². The molecule has 0 fully saturated rings. The van der Waals surface area contributed by atoms with Crippen molar-refractivity contribution in [3.05, 3.63) is 0 Å². The molecule has 0 heterocycles. The van der Waals surface area contributed by atoms with Gasteiger partial charge in [0.15, 0.2) is 0 Å². The van der Waals surface area contributed by atoms with Gasteiger partial charge in [-0.3, -0.25) is 5.84 Å². The van der Waals surface area contributed by atoms with E-state index in [1.807, 2.05) is 5.01 Å². The Morgan fingerprint density at radius 1 is 0.917 bits per heavy atom. The summed E-state index contributed by atoms with van der Waals surface area (Å²) in [6.07, 6.45) is 4.92. The highest BCUT2D eigenvalue weighted by Crippen LogP contribution is 1.92. The molecule has 0 amide bonds. The van der Waals surface area contributed by atoms with Crippen LogP contribution in [0.1, 0.15) is 39.5 Å². The van der Waals surface area contributed by atoms with E-state index in [0.29, 0.717) is 0 Å². The Hall–Kier alpha value is 0.500. The number of unbranched alkanes of at least 4 members (excludes halogenated alkanes) is 2. The monoisotopic (exact) mass is 216 g/mol. The Labute approximate surface area is 88.7 Å². The first-order chi connectivity index (χ1) is 4.81. The van der Waals surface area contributed by atoms with E-state index < -0.39 is 0 Å². The summed E-state index contributed by atoms with van der Waals surface area (Å²) in [5, 5.41) is 1.92. The summed E-state index contributed by atoms with van der Waals surface area (Å²) < 4.78 is 0. The van der Waals surface area contributed by atoms with Crippen molar-refractivity contribution in [2.45, 2.75) is 39.5 Å². The van der Waals surface area contributed by atoms with Crippen LogP contribution in [0.25, 0.3) is 0 Å². The Bertz CT molecular complexity index is 64.1. The van der Waals surface area contributed by atoms with Gasteiger partial charge in [-0.05, 0) is 12.8 Å². The quantitative estimate of drug-likeness (QED) is 0.547. The molecule has 0 spiro atoms. The molecule has 0 unspecified atom stereocenters. The van der Waals surface area contributed by atoms with Crippen LogP contribution < -0.4 is 5.84 Å². The third kappa shape index (κ3) is 13.1. The largest absolute Gasteiger partial charge is 0.269 e. The minimum Gasteiger partial charge on any atom is -0.269 e. The summed E-state index contributed by atoms with van der Waals surface area (Å²) in [5.41, 5.74) is 0. The fourth-order valence-electron chi connectivity index (χ4n) is 0.834. The zero-order valence-electron chi connectivity index (χ0n) is 8.08. The van der Waals surface area contributed by atoms with Crippen LogP contribution in [0, 0.1) is 0 Å². The molecule has 4 heteroatoms. The van der Waals surface area contributed by atoms with Crippen molar-refractivity contribution in [3.63, 3.8) is 0 Å². The van der Waals surface area contributed by atoms with Crippen molar-refractivity contribution in [1.82, 2.24) is 5.01 Å². The molecule has 0 aromatic carbocycles. The molecule has 0 saturated heterocycles. The highest BCUT2D eigenvalue weighted by atomic mass is 35.5. The van der Waals surface area contributed by atoms with E-state index in [4.69, 9.17) is 5.84 Å². The Morgan fingerprint density at radius 3 is 1.50 bits per heavy atom. The summed E-state index contributed by atoms with van der Waals surface area (Å²) in [5.74, 6) is 5.68. The van der Waals surface area contributed by atoms with Crippen LogP contribution in [0.5, 0.6) is 0 Å². The molecule has 0 aliphatic rings. The van der Waals surface area contributed by atoms with Crippen LogP contribution in [-0.4, -0.2) is 18.1 Å². The number of hydrogen-bond acceptors (Lipinski definition) is 2. The van der Waals surface area contributed by atoms with Crippen molar-refractivity contribution >= 4 is 24.8 Å². The van der Waals surface area contributed by atoms with Gasteiger partial charge in [0.25, 0.3) is 0 Å². The molecule has 0 radical (unpaired) electrons. The second kappa shape index (κ2) is 14.0. The fraction of sp³-hybridized carbons (Fsp3) is 1.00. The number of halogens is 2. The van der Waals surface area contributed by atoms with Gasteiger partial charge in [-0.2, -0.15) is 0 Å². The van der Waals surface area contributed by atoms with Gasteiger partial charge in [-0.15, -0.1) is 24.8 Å². The van der Waals surface area contributed by atoms with Gasteiger partial charge in [-0.25, -0.2) is 5.01 Å². The maximum Gasteiger partial charge on any atom is 0.0128 e. The first-order valence-electron chi connectivity index (χ1n) is 4.30. The molecule has 0 bridgehead atoms. The SMILES string of the molecule is CCCCN(N)CCCC.Cl.Cl. The van der Waals surface area contributed by atoms with E-state index in [1.54, 1.807) is 0 Å². The highest BCUT2D eigenvalue weighted by molar-refractivity contribution is 5.85. The van der Waals surface area contributed by atoms with Gasteiger partial charge in [0.2, 0.25) is 0 Å². The molecule has 2 N–H and O–H groups in total. The summed E-state index contributed by atoms with van der Waals surface area (Å²) in [6, 6.07) is 0. The molecule has 0 atom stereocenters.